The summed E-state index contributed by atoms with van der Waals surface area (Å²) in [5.74, 6) is -0.876. The molecule has 5 rings (SSSR count). The van der Waals surface area contributed by atoms with E-state index < -0.39 is 17.4 Å². The molecule has 11 nitrogen and oxygen atoms in total. The average Bonchev–Trinajstić information content (AvgIpc) is 2.98. The Morgan fingerprint density at radius 1 is 1.15 bits per heavy atom. The summed E-state index contributed by atoms with van der Waals surface area (Å²) in [5.41, 5.74) is 6.83. The van der Waals surface area contributed by atoms with Crippen LogP contribution in [0.4, 0.5) is 11.6 Å². The van der Waals surface area contributed by atoms with Crippen LogP contribution in [-0.2, 0) is 6.42 Å². The number of rotatable bonds is 8. The lowest BCUT2D eigenvalue weighted by Gasteiger charge is -2.30. The second-order valence-corrected chi connectivity index (χ2v) is 10.4. The SMILES string of the molecule is NC1CCN(c2ncc3cc(C(=O)Nc4cc(C(=O)N(O)CCCc5ccccc5)ccc4Cl)c(=O)[nH]c3n2)CC1. The quantitative estimate of drug-likeness (QED) is 0.183. The van der Waals surface area contributed by atoms with E-state index in [0.29, 0.717) is 34.9 Å². The van der Waals surface area contributed by atoms with E-state index >= 15 is 0 Å². The molecule has 1 fully saturated rings. The van der Waals surface area contributed by atoms with Crippen molar-refractivity contribution in [2.45, 2.75) is 31.7 Å². The van der Waals surface area contributed by atoms with Crippen molar-refractivity contribution >= 4 is 46.1 Å². The summed E-state index contributed by atoms with van der Waals surface area (Å²) in [7, 11) is 0. The predicted octanol–water partition coefficient (Wildman–Crippen LogP) is 3.62. The number of amides is 2. The summed E-state index contributed by atoms with van der Waals surface area (Å²) in [6, 6.07) is 15.6. The number of carbonyl (C=O) groups excluding carboxylic acids is 2. The number of nitrogens with zero attached hydrogens (tertiary/aromatic N) is 4. The number of pyridine rings is 1. The molecule has 41 heavy (non-hydrogen) atoms. The van der Waals surface area contributed by atoms with Gasteiger partial charge in [-0.2, -0.15) is 4.98 Å². The molecule has 0 atom stereocenters. The lowest BCUT2D eigenvalue weighted by Crippen LogP contribution is -2.40. The molecule has 0 spiro atoms. The Morgan fingerprint density at radius 3 is 2.66 bits per heavy atom. The van der Waals surface area contributed by atoms with E-state index in [0.717, 1.165) is 31.5 Å². The standard InChI is InChI=1S/C29H30ClN7O4/c30-23-9-8-19(28(40)37(41)12-4-7-18-5-2-1-3-6-18)16-24(23)33-26(38)22-15-20-17-32-29(35-25(20)34-27(22)39)36-13-10-21(31)11-14-36/h1-3,5-6,8-9,15-17,21,41H,4,7,10-14,31H2,(H,33,38)(H,32,34,35,39). The molecule has 0 saturated carbocycles. The van der Waals surface area contributed by atoms with E-state index in [1.807, 2.05) is 35.2 Å². The van der Waals surface area contributed by atoms with E-state index in [2.05, 4.69) is 20.3 Å². The molecule has 212 valence electrons. The molecule has 0 aliphatic carbocycles. The van der Waals surface area contributed by atoms with Gasteiger partial charge in [0.25, 0.3) is 17.4 Å². The van der Waals surface area contributed by atoms with E-state index in [-0.39, 0.29) is 34.4 Å². The molecule has 1 saturated heterocycles. The van der Waals surface area contributed by atoms with Gasteiger partial charge in [0, 0.05) is 42.8 Å². The van der Waals surface area contributed by atoms with Crippen LogP contribution in [0.2, 0.25) is 5.02 Å². The number of nitrogens with one attached hydrogen (secondary N) is 2. The number of benzene rings is 2. The summed E-state index contributed by atoms with van der Waals surface area (Å²) in [6.07, 6.45) is 4.48. The molecule has 2 aromatic carbocycles. The molecular formula is C29H30ClN7O4. The van der Waals surface area contributed by atoms with Crippen LogP contribution in [0.25, 0.3) is 11.0 Å². The number of piperidine rings is 1. The highest BCUT2D eigenvalue weighted by atomic mass is 35.5. The maximum absolute atomic E-state index is 13.1. The van der Waals surface area contributed by atoms with E-state index in [9.17, 15) is 19.6 Å². The van der Waals surface area contributed by atoms with Crippen LogP contribution >= 0.6 is 11.6 Å². The fourth-order valence-corrected chi connectivity index (χ4v) is 4.84. The van der Waals surface area contributed by atoms with Gasteiger partial charge < -0.3 is 20.9 Å². The van der Waals surface area contributed by atoms with Crippen molar-refractivity contribution in [2.24, 2.45) is 5.73 Å². The molecule has 3 heterocycles. The van der Waals surface area contributed by atoms with Crippen LogP contribution in [0.3, 0.4) is 0 Å². The third kappa shape index (κ3) is 6.71. The summed E-state index contributed by atoms with van der Waals surface area (Å²) >= 11 is 6.28. The third-order valence-corrected chi connectivity index (χ3v) is 7.35. The zero-order valence-electron chi connectivity index (χ0n) is 22.2. The fraction of sp³-hybridized carbons (Fsp3) is 0.276. The predicted molar refractivity (Wildman–Crippen MR) is 157 cm³/mol. The van der Waals surface area contributed by atoms with Crippen molar-refractivity contribution in [3.63, 3.8) is 0 Å². The average molecular weight is 576 g/mol. The summed E-state index contributed by atoms with van der Waals surface area (Å²) < 4.78 is 0. The normalized spacial score (nSPS) is 13.8. The van der Waals surface area contributed by atoms with Crippen molar-refractivity contribution in [3.05, 3.63) is 92.9 Å². The molecule has 0 radical (unpaired) electrons. The first-order valence-corrected chi connectivity index (χ1v) is 13.7. The smallest absolute Gasteiger partial charge is 0.277 e. The van der Waals surface area contributed by atoms with Crippen molar-refractivity contribution in [1.82, 2.24) is 20.0 Å². The third-order valence-electron chi connectivity index (χ3n) is 7.02. The Balaban J connectivity index is 1.27. The van der Waals surface area contributed by atoms with Gasteiger partial charge in [-0.25, -0.2) is 10.0 Å². The highest BCUT2D eigenvalue weighted by Crippen LogP contribution is 2.25. The largest absolute Gasteiger partial charge is 0.341 e. The number of carbonyl (C=O) groups is 2. The Kier molecular flexibility index (Phi) is 8.58. The first kappa shape index (κ1) is 28.2. The number of fused-ring (bicyclic) bond motifs is 1. The second-order valence-electron chi connectivity index (χ2n) is 9.98. The Bertz CT molecular complexity index is 1620. The first-order chi connectivity index (χ1) is 19.8. The molecule has 5 N–H and O–H groups in total. The molecule has 12 heteroatoms. The number of nitrogens with two attached hydrogens (primary N) is 1. The molecule has 1 aliphatic heterocycles. The highest BCUT2D eigenvalue weighted by molar-refractivity contribution is 6.34. The minimum Gasteiger partial charge on any atom is -0.341 e. The Hall–Kier alpha value is -4.32. The van der Waals surface area contributed by atoms with Crippen LogP contribution in [0.5, 0.6) is 0 Å². The zero-order chi connectivity index (χ0) is 28.9. The van der Waals surface area contributed by atoms with E-state index in [4.69, 9.17) is 17.3 Å². The van der Waals surface area contributed by atoms with E-state index in [1.165, 1.54) is 24.3 Å². The lowest BCUT2D eigenvalue weighted by molar-refractivity contribution is -0.0584. The molecular weight excluding hydrogens is 546 g/mol. The number of aryl methyl sites for hydroxylation is 1. The van der Waals surface area contributed by atoms with Crippen molar-refractivity contribution in [2.75, 3.05) is 29.9 Å². The fourth-order valence-electron chi connectivity index (χ4n) is 4.68. The molecule has 2 amide bonds. The zero-order valence-corrected chi connectivity index (χ0v) is 23.0. The number of hydroxylamine groups is 2. The van der Waals surface area contributed by atoms with Crippen LogP contribution in [0.1, 0.15) is 45.5 Å². The lowest BCUT2D eigenvalue weighted by atomic mass is 10.1. The minimum absolute atomic E-state index is 0.120. The number of hydrogen-bond donors (Lipinski definition) is 4. The van der Waals surface area contributed by atoms with Crippen molar-refractivity contribution < 1.29 is 14.8 Å². The molecule has 0 unspecified atom stereocenters. The van der Waals surface area contributed by atoms with Crippen LogP contribution in [0, 0.1) is 0 Å². The Morgan fingerprint density at radius 2 is 1.90 bits per heavy atom. The van der Waals surface area contributed by atoms with Gasteiger partial charge in [0.1, 0.15) is 11.2 Å². The van der Waals surface area contributed by atoms with Gasteiger partial charge >= 0.3 is 0 Å². The van der Waals surface area contributed by atoms with Gasteiger partial charge in [0.05, 0.1) is 10.7 Å². The van der Waals surface area contributed by atoms with Crippen molar-refractivity contribution in [1.29, 1.82) is 0 Å². The van der Waals surface area contributed by atoms with Gasteiger partial charge in [-0.05, 0) is 55.5 Å². The number of halogens is 1. The first-order valence-electron chi connectivity index (χ1n) is 13.3. The van der Waals surface area contributed by atoms with Gasteiger partial charge in [0.15, 0.2) is 0 Å². The molecule has 2 aromatic heterocycles. The van der Waals surface area contributed by atoms with Gasteiger partial charge in [-0.3, -0.25) is 19.6 Å². The monoisotopic (exact) mass is 575 g/mol. The van der Waals surface area contributed by atoms with Crippen LogP contribution < -0.4 is 21.5 Å². The molecule has 1 aliphatic rings. The van der Waals surface area contributed by atoms with Crippen LogP contribution in [-0.4, -0.2) is 62.7 Å². The molecule has 0 bridgehead atoms. The minimum atomic E-state index is -0.725. The Labute approximate surface area is 240 Å². The topological polar surface area (TPSA) is 158 Å². The highest BCUT2D eigenvalue weighted by Gasteiger charge is 2.21. The van der Waals surface area contributed by atoms with Crippen LogP contribution in [0.15, 0.2) is 65.6 Å². The summed E-state index contributed by atoms with van der Waals surface area (Å²) in [5, 5.41) is 14.2. The maximum atomic E-state index is 13.1. The number of aromatic nitrogens is 3. The number of aromatic amines is 1. The summed E-state index contributed by atoms with van der Waals surface area (Å²) in [6.45, 7) is 1.57. The summed E-state index contributed by atoms with van der Waals surface area (Å²) in [4.78, 5) is 52.2. The van der Waals surface area contributed by atoms with Gasteiger partial charge in [0.2, 0.25) is 5.95 Å². The van der Waals surface area contributed by atoms with Crippen molar-refractivity contribution in [3.8, 4) is 0 Å². The van der Waals surface area contributed by atoms with Gasteiger partial charge in [-0.15, -0.1) is 0 Å². The maximum Gasteiger partial charge on any atom is 0.277 e. The number of anilines is 2. The van der Waals surface area contributed by atoms with E-state index in [1.54, 1.807) is 6.20 Å². The van der Waals surface area contributed by atoms with Gasteiger partial charge in [-0.1, -0.05) is 41.9 Å². The second kappa shape index (κ2) is 12.5. The molecule has 4 aromatic rings. The number of hydrogen-bond acceptors (Lipinski definition) is 8. The number of H-pyrrole nitrogens is 1.